The van der Waals surface area contributed by atoms with Gasteiger partial charge in [-0.2, -0.15) is 0 Å². The Hall–Kier alpha value is -2.99. The molecule has 1 heterocycles. The zero-order chi connectivity index (χ0) is 18.4. The average molecular weight is 352 g/mol. The molecule has 2 aromatic rings. The lowest BCUT2D eigenvalue weighted by Crippen LogP contribution is -3.13. The van der Waals surface area contributed by atoms with E-state index in [4.69, 9.17) is 0 Å². The molecule has 2 aromatic carbocycles. The van der Waals surface area contributed by atoms with Gasteiger partial charge in [-0.25, -0.2) is 0 Å². The Morgan fingerprint density at radius 3 is 2.54 bits per heavy atom. The standard InChI is InChI=1S/C20H21N3O3/c24-20(10-9-17-7-4-8-19(15-17)23(25)26)22-13-11-21(12-14-22)16-18-5-2-1-3-6-18/h1-10,15H,11-14,16H2/p+1/b10-9+. The summed E-state index contributed by atoms with van der Waals surface area (Å²) in [5, 5.41) is 10.8. The minimum atomic E-state index is -0.437. The molecular formula is C20H22N3O3+. The number of benzene rings is 2. The van der Waals surface area contributed by atoms with Crippen molar-refractivity contribution in [2.75, 3.05) is 26.2 Å². The highest BCUT2D eigenvalue weighted by molar-refractivity contribution is 5.91. The first kappa shape index (κ1) is 17.8. The fourth-order valence-electron chi connectivity index (χ4n) is 3.12. The van der Waals surface area contributed by atoms with Crippen molar-refractivity contribution in [2.24, 2.45) is 0 Å². The molecule has 0 atom stereocenters. The minimum absolute atomic E-state index is 0.0257. The number of nitrogens with zero attached hydrogens (tertiary/aromatic N) is 2. The zero-order valence-electron chi connectivity index (χ0n) is 14.5. The van der Waals surface area contributed by atoms with Crippen molar-refractivity contribution in [2.45, 2.75) is 6.54 Å². The van der Waals surface area contributed by atoms with Gasteiger partial charge in [-0.3, -0.25) is 14.9 Å². The van der Waals surface area contributed by atoms with Gasteiger partial charge in [0, 0.05) is 23.8 Å². The molecule has 6 heteroatoms. The van der Waals surface area contributed by atoms with Crippen LogP contribution in [0.4, 0.5) is 5.69 Å². The van der Waals surface area contributed by atoms with Crippen LogP contribution in [0.25, 0.3) is 6.08 Å². The van der Waals surface area contributed by atoms with Crippen LogP contribution in [0.15, 0.2) is 60.7 Å². The fraction of sp³-hybridized carbons (Fsp3) is 0.250. The Balaban J connectivity index is 1.52. The van der Waals surface area contributed by atoms with Crippen LogP contribution < -0.4 is 4.90 Å². The number of quaternary nitrogens is 1. The number of carbonyl (C=O) groups excluding carboxylic acids is 1. The van der Waals surface area contributed by atoms with Gasteiger partial charge < -0.3 is 9.80 Å². The normalized spacial score (nSPS) is 15.3. The van der Waals surface area contributed by atoms with Crippen molar-refractivity contribution in [3.8, 4) is 0 Å². The van der Waals surface area contributed by atoms with Gasteiger partial charge in [0.1, 0.15) is 6.54 Å². The SMILES string of the molecule is O=C(/C=C/c1cccc([N+](=O)[O-])c1)N1CC[NH+](Cc2ccccc2)CC1. The summed E-state index contributed by atoms with van der Waals surface area (Å²) in [5.41, 5.74) is 1.99. The highest BCUT2D eigenvalue weighted by atomic mass is 16.6. The molecule has 0 aromatic heterocycles. The van der Waals surface area contributed by atoms with Crippen LogP contribution in [0.3, 0.4) is 0 Å². The molecule has 0 aliphatic carbocycles. The summed E-state index contributed by atoms with van der Waals surface area (Å²) in [6.07, 6.45) is 3.14. The third kappa shape index (κ3) is 4.77. The van der Waals surface area contributed by atoms with E-state index in [1.54, 1.807) is 18.2 Å². The maximum Gasteiger partial charge on any atom is 0.270 e. The number of hydrogen-bond donors (Lipinski definition) is 1. The van der Waals surface area contributed by atoms with Crippen molar-refractivity contribution >= 4 is 17.7 Å². The monoisotopic (exact) mass is 352 g/mol. The molecule has 1 fully saturated rings. The Labute approximate surface area is 152 Å². The number of amides is 1. The Kier molecular flexibility index (Phi) is 5.76. The highest BCUT2D eigenvalue weighted by Crippen LogP contribution is 2.14. The van der Waals surface area contributed by atoms with Crippen molar-refractivity contribution < 1.29 is 14.6 Å². The molecule has 134 valence electrons. The molecule has 1 N–H and O–H groups in total. The highest BCUT2D eigenvalue weighted by Gasteiger charge is 2.22. The van der Waals surface area contributed by atoms with E-state index in [1.165, 1.54) is 28.7 Å². The second-order valence-electron chi connectivity index (χ2n) is 6.42. The zero-order valence-corrected chi connectivity index (χ0v) is 14.5. The molecule has 0 spiro atoms. The average Bonchev–Trinajstić information content (AvgIpc) is 2.68. The van der Waals surface area contributed by atoms with Gasteiger partial charge in [-0.15, -0.1) is 0 Å². The van der Waals surface area contributed by atoms with E-state index in [9.17, 15) is 14.9 Å². The molecule has 0 radical (unpaired) electrons. The predicted octanol–water partition coefficient (Wildman–Crippen LogP) is 1.54. The van der Waals surface area contributed by atoms with Crippen LogP contribution in [0.5, 0.6) is 0 Å². The smallest absolute Gasteiger partial charge is 0.270 e. The van der Waals surface area contributed by atoms with E-state index >= 15 is 0 Å². The molecule has 1 saturated heterocycles. The van der Waals surface area contributed by atoms with Gasteiger partial charge in [0.15, 0.2) is 0 Å². The van der Waals surface area contributed by atoms with Crippen LogP contribution in [0, 0.1) is 10.1 Å². The number of piperazine rings is 1. The summed E-state index contributed by atoms with van der Waals surface area (Å²) in [6, 6.07) is 16.6. The molecule has 26 heavy (non-hydrogen) atoms. The lowest BCUT2D eigenvalue weighted by atomic mass is 10.2. The number of nitro groups is 1. The Morgan fingerprint density at radius 2 is 1.85 bits per heavy atom. The van der Waals surface area contributed by atoms with Crippen LogP contribution in [-0.2, 0) is 11.3 Å². The summed E-state index contributed by atoms with van der Waals surface area (Å²) in [4.78, 5) is 26.0. The molecule has 1 aliphatic heterocycles. The summed E-state index contributed by atoms with van der Waals surface area (Å²) in [7, 11) is 0. The van der Waals surface area contributed by atoms with Gasteiger partial charge in [0.2, 0.25) is 5.91 Å². The van der Waals surface area contributed by atoms with E-state index in [2.05, 4.69) is 12.1 Å². The van der Waals surface area contributed by atoms with E-state index < -0.39 is 4.92 Å². The second kappa shape index (κ2) is 8.40. The van der Waals surface area contributed by atoms with Crippen molar-refractivity contribution in [1.82, 2.24) is 4.90 Å². The van der Waals surface area contributed by atoms with Crippen LogP contribution in [0.1, 0.15) is 11.1 Å². The second-order valence-corrected chi connectivity index (χ2v) is 6.42. The summed E-state index contributed by atoms with van der Waals surface area (Å²) >= 11 is 0. The van der Waals surface area contributed by atoms with Crippen LogP contribution in [0.2, 0.25) is 0 Å². The molecule has 1 aliphatic rings. The van der Waals surface area contributed by atoms with Crippen molar-refractivity contribution in [3.63, 3.8) is 0 Å². The molecule has 0 bridgehead atoms. The topological polar surface area (TPSA) is 67.9 Å². The van der Waals surface area contributed by atoms with E-state index in [-0.39, 0.29) is 11.6 Å². The number of carbonyl (C=O) groups is 1. The lowest BCUT2D eigenvalue weighted by molar-refractivity contribution is -0.917. The molecule has 0 unspecified atom stereocenters. The van der Waals surface area contributed by atoms with Crippen molar-refractivity contribution in [1.29, 1.82) is 0 Å². The molecular weight excluding hydrogens is 330 g/mol. The largest absolute Gasteiger partial charge is 0.328 e. The molecule has 1 amide bonds. The van der Waals surface area contributed by atoms with Gasteiger partial charge in [-0.05, 0) is 11.6 Å². The van der Waals surface area contributed by atoms with Gasteiger partial charge >= 0.3 is 0 Å². The number of rotatable bonds is 5. The van der Waals surface area contributed by atoms with Crippen molar-refractivity contribution in [3.05, 3.63) is 81.9 Å². The lowest BCUT2D eigenvalue weighted by Gasteiger charge is -2.31. The van der Waals surface area contributed by atoms with Crippen LogP contribution >= 0.6 is 0 Å². The fourth-order valence-corrected chi connectivity index (χ4v) is 3.12. The minimum Gasteiger partial charge on any atom is -0.328 e. The number of hydrogen-bond acceptors (Lipinski definition) is 3. The Bertz CT molecular complexity index is 797. The summed E-state index contributed by atoms with van der Waals surface area (Å²) in [5.74, 6) is -0.0460. The summed E-state index contributed by atoms with van der Waals surface area (Å²) < 4.78 is 0. The summed E-state index contributed by atoms with van der Waals surface area (Å²) in [6.45, 7) is 4.27. The molecule has 3 rings (SSSR count). The molecule has 6 nitrogen and oxygen atoms in total. The Morgan fingerprint density at radius 1 is 1.12 bits per heavy atom. The first-order valence-electron chi connectivity index (χ1n) is 8.71. The third-order valence-electron chi connectivity index (χ3n) is 4.58. The van der Waals surface area contributed by atoms with E-state index in [1.807, 2.05) is 23.1 Å². The van der Waals surface area contributed by atoms with Gasteiger partial charge in [-0.1, -0.05) is 42.5 Å². The maximum atomic E-state index is 12.4. The van der Waals surface area contributed by atoms with Gasteiger partial charge in [0.25, 0.3) is 5.69 Å². The first-order valence-corrected chi connectivity index (χ1v) is 8.71. The number of nitro benzene ring substituents is 1. The van der Waals surface area contributed by atoms with Gasteiger partial charge in [0.05, 0.1) is 31.1 Å². The van der Waals surface area contributed by atoms with E-state index in [0.717, 1.165) is 32.7 Å². The predicted molar refractivity (Wildman–Crippen MR) is 99.6 cm³/mol. The third-order valence-corrected chi connectivity index (χ3v) is 4.58. The molecule has 0 saturated carbocycles. The number of nitrogens with one attached hydrogen (secondary N) is 1. The quantitative estimate of drug-likeness (QED) is 0.504. The van der Waals surface area contributed by atoms with Crippen LogP contribution in [-0.4, -0.2) is 41.9 Å². The maximum absolute atomic E-state index is 12.4. The number of non-ortho nitro benzene ring substituents is 1. The first-order chi connectivity index (χ1) is 12.6. The van der Waals surface area contributed by atoms with E-state index in [0.29, 0.717) is 5.56 Å².